The van der Waals surface area contributed by atoms with E-state index < -0.39 is 6.10 Å². The summed E-state index contributed by atoms with van der Waals surface area (Å²) in [4.78, 5) is 37.2. The Kier molecular flexibility index (Phi) is 32.2. The first kappa shape index (κ1) is 44.4. The number of carbonyl (C=O) groups excluding carboxylic acids is 3. The van der Waals surface area contributed by atoms with Gasteiger partial charge in [-0.25, -0.2) is 0 Å². The first-order valence-corrected chi connectivity index (χ1v) is 19.7. The van der Waals surface area contributed by atoms with Gasteiger partial charge < -0.3 is 14.2 Å². The van der Waals surface area contributed by atoms with E-state index in [-0.39, 0.29) is 31.1 Å². The highest BCUT2D eigenvalue weighted by atomic mass is 16.6. The zero-order valence-corrected chi connectivity index (χ0v) is 31.2. The highest BCUT2D eigenvalue weighted by Gasteiger charge is 2.19. The van der Waals surface area contributed by atoms with E-state index in [4.69, 9.17) is 14.2 Å². The monoisotopic (exact) mass is 653 g/mol. The maximum Gasteiger partial charge on any atom is 0.306 e. The normalized spacial score (nSPS) is 12.1. The Labute approximate surface area is 285 Å². The molecule has 0 spiro atoms. The molecule has 0 N–H and O–H groups in total. The van der Waals surface area contributed by atoms with Gasteiger partial charge in [0.25, 0.3) is 0 Å². The van der Waals surface area contributed by atoms with E-state index in [0.29, 0.717) is 19.3 Å². The third-order valence-corrected chi connectivity index (χ3v) is 8.72. The maximum absolute atomic E-state index is 12.6. The van der Waals surface area contributed by atoms with Crippen molar-refractivity contribution in [1.29, 1.82) is 0 Å². The Morgan fingerprint density at radius 2 is 0.717 bits per heavy atom. The number of carbonyl (C=O) groups is 3. The van der Waals surface area contributed by atoms with Crippen LogP contribution in [0.2, 0.25) is 0 Å². The molecule has 0 saturated carbocycles. The first-order valence-electron chi connectivity index (χ1n) is 19.7. The highest BCUT2D eigenvalue weighted by Crippen LogP contribution is 2.15. The summed E-state index contributed by atoms with van der Waals surface area (Å²) in [6.07, 6.45) is 28.4. The van der Waals surface area contributed by atoms with E-state index in [2.05, 4.69) is 34.6 Å². The SMILES string of the molecule is CCCCCCCC(=O)OC[C@@H](COC(=O)CCCCCCCCCC(C)C)OC(=O)CCCCCCCCCCCCC(C)C. The largest absolute Gasteiger partial charge is 0.462 e. The summed E-state index contributed by atoms with van der Waals surface area (Å²) in [6.45, 7) is 11.2. The molecule has 0 aromatic carbocycles. The Hall–Kier alpha value is -1.59. The summed E-state index contributed by atoms with van der Waals surface area (Å²) >= 11 is 0. The van der Waals surface area contributed by atoms with Crippen molar-refractivity contribution < 1.29 is 28.6 Å². The summed E-state index contributed by atoms with van der Waals surface area (Å²) in [6, 6.07) is 0. The molecule has 0 aliphatic heterocycles. The number of ether oxygens (including phenoxy) is 3. The molecule has 0 unspecified atom stereocenters. The summed E-state index contributed by atoms with van der Waals surface area (Å²) in [7, 11) is 0. The lowest BCUT2D eigenvalue weighted by molar-refractivity contribution is -0.167. The number of rotatable bonds is 34. The van der Waals surface area contributed by atoms with Gasteiger partial charge in [-0.15, -0.1) is 0 Å². The minimum atomic E-state index is -0.758. The zero-order valence-electron chi connectivity index (χ0n) is 31.2. The third kappa shape index (κ3) is 33.8. The van der Waals surface area contributed by atoms with Crippen molar-refractivity contribution in [3.63, 3.8) is 0 Å². The summed E-state index contributed by atoms with van der Waals surface area (Å²) in [5.41, 5.74) is 0. The van der Waals surface area contributed by atoms with Crippen LogP contribution in [0.5, 0.6) is 0 Å². The van der Waals surface area contributed by atoms with Gasteiger partial charge in [-0.1, -0.05) is 169 Å². The molecule has 0 bridgehead atoms. The Morgan fingerprint density at radius 1 is 0.413 bits per heavy atom. The number of hydrogen-bond acceptors (Lipinski definition) is 6. The predicted octanol–water partition coefficient (Wildman–Crippen LogP) is 11.8. The van der Waals surface area contributed by atoms with E-state index in [1.807, 2.05) is 0 Å². The first-order chi connectivity index (χ1) is 22.2. The van der Waals surface area contributed by atoms with Gasteiger partial charge in [-0.3, -0.25) is 14.4 Å². The van der Waals surface area contributed by atoms with Crippen molar-refractivity contribution in [2.75, 3.05) is 13.2 Å². The molecule has 6 nitrogen and oxygen atoms in total. The second-order valence-corrected chi connectivity index (χ2v) is 14.5. The summed E-state index contributed by atoms with van der Waals surface area (Å²) in [5.74, 6) is 0.716. The van der Waals surface area contributed by atoms with E-state index in [0.717, 1.165) is 76.0 Å². The van der Waals surface area contributed by atoms with Gasteiger partial charge in [-0.05, 0) is 31.1 Å². The van der Waals surface area contributed by atoms with Crippen LogP contribution in [-0.4, -0.2) is 37.2 Å². The van der Waals surface area contributed by atoms with Crippen molar-refractivity contribution in [2.45, 2.75) is 214 Å². The Morgan fingerprint density at radius 3 is 1.07 bits per heavy atom. The van der Waals surface area contributed by atoms with Gasteiger partial charge in [0, 0.05) is 19.3 Å². The zero-order chi connectivity index (χ0) is 34.1. The average Bonchev–Trinajstić information content (AvgIpc) is 3.01. The quantitative estimate of drug-likeness (QED) is 0.0391. The smallest absolute Gasteiger partial charge is 0.306 e. The molecule has 0 amide bonds. The third-order valence-electron chi connectivity index (χ3n) is 8.72. The standard InChI is InChI=1S/C40H76O6/c1-6-7-8-18-25-30-38(41)44-33-37(34-45-39(42)31-26-21-17-13-15-20-24-29-36(4)5)46-40(43)32-27-22-16-12-10-9-11-14-19-23-28-35(2)3/h35-37H,6-34H2,1-5H3/t37-/m0/s1. The molecular weight excluding hydrogens is 576 g/mol. The summed E-state index contributed by atoms with van der Waals surface area (Å²) < 4.78 is 16.5. The van der Waals surface area contributed by atoms with Crippen molar-refractivity contribution >= 4 is 17.9 Å². The molecule has 46 heavy (non-hydrogen) atoms. The van der Waals surface area contributed by atoms with Crippen molar-refractivity contribution in [3.8, 4) is 0 Å². The van der Waals surface area contributed by atoms with Crippen LogP contribution < -0.4 is 0 Å². The minimum Gasteiger partial charge on any atom is -0.462 e. The van der Waals surface area contributed by atoms with Gasteiger partial charge in [0.1, 0.15) is 13.2 Å². The van der Waals surface area contributed by atoms with Crippen LogP contribution >= 0.6 is 0 Å². The Bertz CT molecular complexity index is 704. The maximum atomic E-state index is 12.6. The topological polar surface area (TPSA) is 78.9 Å². The molecule has 0 aromatic heterocycles. The minimum absolute atomic E-state index is 0.0678. The molecule has 0 heterocycles. The van der Waals surface area contributed by atoms with Crippen LogP contribution in [0.4, 0.5) is 0 Å². The molecule has 0 radical (unpaired) electrons. The molecule has 0 rings (SSSR count). The fourth-order valence-corrected chi connectivity index (χ4v) is 5.69. The van der Waals surface area contributed by atoms with Crippen LogP contribution in [0.1, 0.15) is 208 Å². The van der Waals surface area contributed by atoms with E-state index in [1.165, 1.54) is 89.9 Å². The Balaban J connectivity index is 4.27. The lowest BCUT2D eigenvalue weighted by atomic mass is 10.0. The molecule has 0 aromatic rings. The summed E-state index contributed by atoms with van der Waals surface area (Å²) in [5, 5.41) is 0. The van der Waals surface area contributed by atoms with Gasteiger partial charge in [0.05, 0.1) is 0 Å². The lowest BCUT2D eigenvalue weighted by Gasteiger charge is -2.18. The van der Waals surface area contributed by atoms with Crippen molar-refractivity contribution in [2.24, 2.45) is 11.8 Å². The van der Waals surface area contributed by atoms with Gasteiger partial charge >= 0.3 is 17.9 Å². The van der Waals surface area contributed by atoms with E-state index in [1.54, 1.807) is 0 Å². The van der Waals surface area contributed by atoms with Crippen LogP contribution in [0.25, 0.3) is 0 Å². The van der Waals surface area contributed by atoms with Crippen molar-refractivity contribution in [3.05, 3.63) is 0 Å². The fourth-order valence-electron chi connectivity index (χ4n) is 5.69. The second kappa shape index (κ2) is 33.3. The van der Waals surface area contributed by atoms with Crippen LogP contribution in [-0.2, 0) is 28.6 Å². The molecule has 272 valence electrons. The van der Waals surface area contributed by atoms with Crippen LogP contribution in [0.15, 0.2) is 0 Å². The highest BCUT2D eigenvalue weighted by molar-refractivity contribution is 5.71. The average molecular weight is 653 g/mol. The molecule has 0 aliphatic rings. The molecule has 0 aliphatic carbocycles. The molecule has 1 atom stereocenters. The van der Waals surface area contributed by atoms with Crippen LogP contribution in [0.3, 0.4) is 0 Å². The molecule has 0 fully saturated rings. The molecule has 6 heteroatoms. The number of unbranched alkanes of at least 4 members (excludes halogenated alkanes) is 19. The van der Waals surface area contributed by atoms with Gasteiger partial charge in [0.2, 0.25) is 0 Å². The predicted molar refractivity (Wildman–Crippen MR) is 192 cm³/mol. The second-order valence-electron chi connectivity index (χ2n) is 14.5. The van der Waals surface area contributed by atoms with Gasteiger partial charge in [0.15, 0.2) is 6.10 Å². The van der Waals surface area contributed by atoms with Gasteiger partial charge in [-0.2, -0.15) is 0 Å². The van der Waals surface area contributed by atoms with E-state index >= 15 is 0 Å². The van der Waals surface area contributed by atoms with E-state index in [9.17, 15) is 14.4 Å². The number of esters is 3. The lowest BCUT2D eigenvalue weighted by Crippen LogP contribution is -2.30. The van der Waals surface area contributed by atoms with Crippen LogP contribution in [0, 0.1) is 11.8 Å². The fraction of sp³-hybridized carbons (Fsp3) is 0.925. The number of hydrogen-bond donors (Lipinski definition) is 0. The van der Waals surface area contributed by atoms with Crippen molar-refractivity contribution in [1.82, 2.24) is 0 Å². The molecular formula is C40H76O6. The molecule has 0 saturated heterocycles.